The van der Waals surface area contributed by atoms with Gasteiger partial charge in [0.2, 0.25) is 11.8 Å². The number of nitrogens with zero attached hydrogens (tertiary/aromatic N) is 4. The number of hydrogen-bond donors (Lipinski definition) is 1. The van der Waals surface area contributed by atoms with Crippen LogP contribution in [0.5, 0.6) is 0 Å². The van der Waals surface area contributed by atoms with Crippen LogP contribution in [-0.2, 0) is 9.59 Å². The third-order valence-electron chi connectivity index (χ3n) is 5.63. The molecule has 158 valence electrons. The average molecular weight is 400 g/mol. The molecule has 2 saturated heterocycles. The van der Waals surface area contributed by atoms with Gasteiger partial charge >= 0.3 is 0 Å². The van der Waals surface area contributed by atoms with Crippen molar-refractivity contribution in [3.8, 4) is 0 Å². The van der Waals surface area contributed by atoms with E-state index in [1.807, 2.05) is 4.90 Å². The number of carbonyl (C=O) groups is 2. The highest BCUT2D eigenvalue weighted by Crippen LogP contribution is 2.18. The predicted molar refractivity (Wildman–Crippen MR) is 116 cm³/mol. The molecule has 0 unspecified atom stereocenters. The largest absolute Gasteiger partial charge is 0.368 e. The Hall–Kier alpha value is -2.38. The molecule has 1 N–H and O–H groups in total. The summed E-state index contributed by atoms with van der Waals surface area (Å²) in [6, 6.07) is 8.54. The lowest BCUT2D eigenvalue weighted by molar-refractivity contribution is -0.133. The number of piperazine rings is 2. The number of rotatable bonds is 7. The fourth-order valence-electron chi connectivity index (χ4n) is 3.88. The first kappa shape index (κ1) is 21.3. The molecule has 0 saturated carbocycles. The van der Waals surface area contributed by atoms with Crippen molar-refractivity contribution in [2.75, 3.05) is 76.9 Å². The maximum Gasteiger partial charge on any atom is 0.236 e. The van der Waals surface area contributed by atoms with E-state index < -0.39 is 0 Å². The summed E-state index contributed by atoms with van der Waals surface area (Å²) in [5, 5.41) is 2.81. The van der Waals surface area contributed by atoms with Gasteiger partial charge in [-0.05, 0) is 24.6 Å². The van der Waals surface area contributed by atoms with E-state index >= 15 is 0 Å². The highest BCUT2D eigenvalue weighted by Gasteiger charge is 2.25. The van der Waals surface area contributed by atoms with Crippen molar-refractivity contribution in [1.29, 1.82) is 0 Å². The lowest BCUT2D eigenvalue weighted by atomic mass is 10.2. The van der Waals surface area contributed by atoms with Gasteiger partial charge in [-0.2, -0.15) is 0 Å². The molecule has 1 aromatic rings. The Bertz CT molecular complexity index is 707. The molecule has 2 heterocycles. The zero-order valence-electron chi connectivity index (χ0n) is 17.5. The van der Waals surface area contributed by atoms with Crippen LogP contribution >= 0.6 is 0 Å². The van der Waals surface area contributed by atoms with Gasteiger partial charge in [-0.3, -0.25) is 19.4 Å². The quantitative estimate of drug-likeness (QED) is 0.679. The van der Waals surface area contributed by atoms with Crippen molar-refractivity contribution in [1.82, 2.24) is 20.0 Å². The number of nitrogens with one attached hydrogen (secondary N) is 1. The van der Waals surface area contributed by atoms with E-state index in [0.717, 1.165) is 52.4 Å². The van der Waals surface area contributed by atoms with Crippen LogP contribution in [0, 0.1) is 6.92 Å². The summed E-state index contributed by atoms with van der Waals surface area (Å²) in [6.45, 7) is 13.7. The first-order chi connectivity index (χ1) is 14.0. The van der Waals surface area contributed by atoms with E-state index in [2.05, 4.69) is 57.8 Å². The lowest BCUT2D eigenvalue weighted by Crippen LogP contribution is -2.54. The van der Waals surface area contributed by atoms with Crippen LogP contribution in [0.15, 0.2) is 36.9 Å². The van der Waals surface area contributed by atoms with Crippen molar-refractivity contribution < 1.29 is 9.59 Å². The van der Waals surface area contributed by atoms with E-state index in [9.17, 15) is 9.59 Å². The minimum Gasteiger partial charge on any atom is -0.368 e. The summed E-state index contributed by atoms with van der Waals surface area (Å²) in [5.74, 6) is 0.243. The molecule has 1 aromatic carbocycles. The summed E-state index contributed by atoms with van der Waals surface area (Å²) >= 11 is 0. The Morgan fingerprint density at radius 1 is 1.00 bits per heavy atom. The molecule has 7 heteroatoms. The third-order valence-corrected chi connectivity index (χ3v) is 5.63. The Labute approximate surface area is 173 Å². The molecule has 29 heavy (non-hydrogen) atoms. The van der Waals surface area contributed by atoms with Crippen LogP contribution in [0.3, 0.4) is 0 Å². The third kappa shape index (κ3) is 6.30. The second-order valence-electron chi connectivity index (χ2n) is 7.85. The van der Waals surface area contributed by atoms with Crippen molar-refractivity contribution >= 4 is 17.5 Å². The number of hydrogen-bond acceptors (Lipinski definition) is 5. The van der Waals surface area contributed by atoms with Crippen LogP contribution in [0.4, 0.5) is 5.69 Å². The highest BCUT2D eigenvalue weighted by atomic mass is 16.2. The first-order valence-corrected chi connectivity index (χ1v) is 10.5. The molecule has 0 aliphatic carbocycles. The van der Waals surface area contributed by atoms with E-state index in [0.29, 0.717) is 19.6 Å². The zero-order chi connectivity index (χ0) is 20.6. The molecular weight excluding hydrogens is 366 g/mol. The average Bonchev–Trinajstić information content (AvgIpc) is 2.74. The summed E-state index contributed by atoms with van der Waals surface area (Å²) in [6.07, 6.45) is 1.68. The smallest absolute Gasteiger partial charge is 0.236 e. The number of aryl methyl sites for hydroxylation is 1. The normalized spacial score (nSPS) is 18.5. The number of amides is 2. The van der Waals surface area contributed by atoms with Gasteiger partial charge in [0, 0.05) is 64.6 Å². The number of anilines is 1. The first-order valence-electron chi connectivity index (χ1n) is 10.5. The Morgan fingerprint density at radius 3 is 2.28 bits per heavy atom. The van der Waals surface area contributed by atoms with Crippen molar-refractivity contribution in [2.45, 2.75) is 6.92 Å². The molecule has 2 fully saturated rings. The van der Waals surface area contributed by atoms with Crippen molar-refractivity contribution in [3.05, 3.63) is 42.5 Å². The van der Waals surface area contributed by atoms with Gasteiger partial charge in [-0.25, -0.2) is 0 Å². The molecule has 2 aliphatic rings. The summed E-state index contributed by atoms with van der Waals surface area (Å²) in [4.78, 5) is 33.2. The van der Waals surface area contributed by atoms with E-state index in [-0.39, 0.29) is 11.8 Å². The van der Waals surface area contributed by atoms with Crippen molar-refractivity contribution in [3.63, 3.8) is 0 Å². The summed E-state index contributed by atoms with van der Waals surface area (Å²) < 4.78 is 0. The summed E-state index contributed by atoms with van der Waals surface area (Å²) in [5.41, 5.74) is 2.50. The fraction of sp³-hybridized carbons (Fsp3) is 0.545. The predicted octanol–water partition coefficient (Wildman–Crippen LogP) is 0.563. The standard InChI is InChI=1S/C22H33N5O2/c1-3-7-23-21(28)17-24-8-10-25(11-9-24)18-22(29)27-14-12-26(13-15-27)20-6-4-5-19(2)16-20/h3-6,16H,1,7-15,17-18H2,2H3,(H,23,28). The van der Waals surface area contributed by atoms with Crippen LogP contribution in [0.1, 0.15) is 5.56 Å². The maximum absolute atomic E-state index is 12.7. The molecular formula is C22H33N5O2. The lowest BCUT2D eigenvalue weighted by Gasteiger charge is -2.38. The van der Waals surface area contributed by atoms with Gasteiger partial charge in [0.15, 0.2) is 0 Å². The Balaban J connectivity index is 1.37. The molecule has 0 spiro atoms. The van der Waals surface area contributed by atoms with Crippen LogP contribution in [0.25, 0.3) is 0 Å². The second-order valence-corrected chi connectivity index (χ2v) is 7.85. The van der Waals surface area contributed by atoms with Gasteiger partial charge in [-0.15, -0.1) is 6.58 Å². The van der Waals surface area contributed by atoms with Gasteiger partial charge < -0.3 is 15.1 Å². The number of benzene rings is 1. The molecule has 0 atom stereocenters. The minimum atomic E-state index is 0.0286. The monoisotopic (exact) mass is 399 g/mol. The number of carbonyl (C=O) groups excluding carboxylic acids is 2. The van der Waals surface area contributed by atoms with Gasteiger partial charge in [0.25, 0.3) is 0 Å². The van der Waals surface area contributed by atoms with Crippen LogP contribution in [0.2, 0.25) is 0 Å². The Kier molecular flexibility index (Phi) is 7.66. The van der Waals surface area contributed by atoms with Crippen LogP contribution in [-0.4, -0.2) is 98.5 Å². The fourth-order valence-corrected chi connectivity index (χ4v) is 3.88. The van der Waals surface area contributed by atoms with Gasteiger partial charge in [-0.1, -0.05) is 18.2 Å². The molecule has 2 aliphatic heterocycles. The topological polar surface area (TPSA) is 59.1 Å². The zero-order valence-corrected chi connectivity index (χ0v) is 17.5. The molecule has 2 amide bonds. The van der Waals surface area contributed by atoms with Crippen LogP contribution < -0.4 is 10.2 Å². The molecule has 0 bridgehead atoms. The second kappa shape index (κ2) is 10.4. The molecule has 0 aromatic heterocycles. The summed E-state index contributed by atoms with van der Waals surface area (Å²) in [7, 11) is 0. The van der Waals surface area contributed by atoms with E-state index in [1.54, 1.807) is 6.08 Å². The maximum atomic E-state index is 12.7. The highest BCUT2D eigenvalue weighted by molar-refractivity contribution is 5.79. The van der Waals surface area contributed by atoms with Crippen molar-refractivity contribution in [2.24, 2.45) is 0 Å². The molecule has 3 rings (SSSR count). The van der Waals surface area contributed by atoms with E-state index in [1.165, 1.54) is 11.3 Å². The molecule has 7 nitrogen and oxygen atoms in total. The van der Waals surface area contributed by atoms with E-state index in [4.69, 9.17) is 0 Å². The van der Waals surface area contributed by atoms with Gasteiger partial charge in [0.1, 0.15) is 0 Å². The SMILES string of the molecule is C=CCNC(=O)CN1CCN(CC(=O)N2CCN(c3cccc(C)c3)CC2)CC1. The molecule has 0 radical (unpaired) electrons. The van der Waals surface area contributed by atoms with Gasteiger partial charge in [0.05, 0.1) is 13.1 Å². The Morgan fingerprint density at radius 2 is 1.66 bits per heavy atom. The minimum absolute atomic E-state index is 0.0286.